The number of aryl methyl sites for hydroxylation is 3. The van der Waals surface area contributed by atoms with Crippen LogP contribution in [0.2, 0.25) is 15.5 Å². The molecule has 0 saturated carbocycles. The fourth-order valence-corrected chi connectivity index (χ4v) is 14.6. The van der Waals surface area contributed by atoms with Crippen LogP contribution in [0.3, 0.4) is 0 Å². The van der Waals surface area contributed by atoms with Gasteiger partial charge in [-0.15, -0.1) is 30.6 Å². The zero-order valence-electron chi connectivity index (χ0n) is 50.2. The van der Waals surface area contributed by atoms with Crippen LogP contribution in [0.25, 0.3) is 0 Å². The predicted molar refractivity (Wildman–Crippen MR) is 329 cm³/mol. The molecule has 9 atom stereocenters. The summed E-state index contributed by atoms with van der Waals surface area (Å²) < 4.78 is 55.2. The molecule has 3 aliphatic rings. The van der Waals surface area contributed by atoms with Gasteiger partial charge >= 0.3 is 7.82 Å². The topological polar surface area (TPSA) is 361 Å². The summed E-state index contributed by atoms with van der Waals surface area (Å²) in [7, 11) is -0.492. The summed E-state index contributed by atoms with van der Waals surface area (Å²) in [5.74, 6) is -2.64. The molecule has 6 aromatic rings. The molecule has 38 heteroatoms. The minimum Gasteiger partial charge on any atom is -0.386 e. The number of hydrogen-bond acceptors (Lipinski definition) is 28. The number of nitrogens with one attached hydrogen (secondary N) is 3. The number of ether oxygens (including phenoxy) is 3. The third kappa shape index (κ3) is 15.5. The molecule has 6 aromatic heterocycles. The first-order valence-electron chi connectivity index (χ1n) is 28.7. The molecule has 0 bridgehead atoms. The van der Waals surface area contributed by atoms with Crippen molar-refractivity contribution in [3.63, 3.8) is 0 Å². The number of amides is 3. The van der Waals surface area contributed by atoms with Gasteiger partial charge in [-0.2, -0.15) is 0 Å². The van der Waals surface area contributed by atoms with E-state index in [9.17, 15) is 29.7 Å². The molecule has 0 aromatic carbocycles. The SMILES string of the molecule is CCc1nc(C(=O)N[C@@H]2CCN(c3nnc([C@H](C)O)s3)C[C@@H]2OC)n(COP(=O)(OCn2c(C(=O)N[C@@H]3CCN(c4nnc([C@H](C)O)s4)C[C@@H]3OC)nc(CC)c2Cl)OCn2c(C(=O)N[C@@H]3CCN(c4nnc([C@H](C)O)s4)C[C@@H]3OC)nc(CC)c2Cl)c1Cl. The van der Waals surface area contributed by atoms with Crippen LogP contribution in [-0.4, -0.2) is 189 Å². The van der Waals surface area contributed by atoms with Crippen molar-refractivity contribution < 1.29 is 62.1 Å². The maximum absolute atomic E-state index is 15.6. The van der Waals surface area contributed by atoms with E-state index >= 15 is 4.57 Å². The van der Waals surface area contributed by atoms with E-state index in [0.717, 1.165) is 0 Å². The predicted octanol–water partition coefficient (Wildman–Crippen LogP) is 5.14. The second-order valence-corrected chi connectivity index (χ2v) is 26.9. The van der Waals surface area contributed by atoms with Crippen molar-refractivity contribution in [2.24, 2.45) is 0 Å². The Labute approximate surface area is 539 Å². The van der Waals surface area contributed by atoms with Crippen LogP contribution < -0.4 is 30.7 Å². The van der Waals surface area contributed by atoms with Crippen molar-refractivity contribution in [3.05, 3.63) is 65.0 Å². The molecule has 31 nitrogen and oxygen atoms in total. The molecule has 3 amide bonds. The quantitative estimate of drug-likeness (QED) is 0.0364. The van der Waals surface area contributed by atoms with Crippen LogP contribution >= 0.6 is 76.6 Å². The van der Waals surface area contributed by atoms with Crippen molar-refractivity contribution in [2.75, 3.05) is 75.3 Å². The monoisotopic (exact) mass is 1380 g/mol. The molecule has 488 valence electrons. The highest BCUT2D eigenvalue weighted by molar-refractivity contribution is 7.48. The summed E-state index contributed by atoms with van der Waals surface area (Å²) in [4.78, 5) is 62.9. The van der Waals surface area contributed by atoms with Crippen molar-refractivity contribution >= 4 is 110 Å². The van der Waals surface area contributed by atoms with Crippen molar-refractivity contribution in [1.82, 2.24) is 75.2 Å². The van der Waals surface area contributed by atoms with Gasteiger partial charge in [0.2, 0.25) is 32.9 Å². The van der Waals surface area contributed by atoms with E-state index in [4.69, 9.17) is 62.6 Å². The van der Waals surface area contributed by atoms with Crippen molar-refractivity contribution in [2.45, 2.75) is 155 Å². The molecule has 0 radical (unpaired) electrons. The average Bonchev–Trinajstić information content (AvgIpc) is 3.18. The second kappa shape index (κ2) is 30.1. The number of aliphatic hydroxyl groups is 3. The van der Waals surface area contributed by atoms with Gasteiger partial charge in [-0.25, -0.2) is 19.5 Å². The van der Waals surface area contributed by atoms with Gasteiger partial charge in [0.05, 0.1) is 53.5 Å². The number of halogens is 3. The number of carbonyl (C=O) groups excluding carboxylic acids is 3. The van der Waals surface area contributed by atoms with E-state index in [2.05, 4.69) is 61.5 Å². The largest absolute Gasteiger partial charge is 0.480 e. The number of nitrogens with zero attached hydrogens (tertiary/aromatic N) is 15. The number of aliphatic hydroxyl groups excluding tert-OH is 3. The molecule has 89 heavy (non-hydrogen) atoms. The lowest BCUT2D eigenvalue weighted by Crippen LogP contribution is -2.55. The molecule has 9 rings (SSSR count). The maximum atomic E-state index is 15.6. The molecular weight excluding hydrogens is 1310 g/mol. The first kappa shape index (κ1) is 68.2. The molecule has 9 heterocycles. The lowest BCUT2D eigenvalue weighted by molar-refractivity contribution is 0.0456. The number of rotatable bonds is 27. The highest BCUT2D eigenvalue weighted by Gasteiger charge is 2.39. The summed E-state index contributed by atoms with van der Waals surface area (Å²) >= 11 is 24.7. The molecule has 6 N–H and O–H groups in total. The van der Waals surface area contributed by atoms with Gasteiger partial charge in [0, 0.05) is 60.6 Å². The molecular formula is C51H72Cl3N18O13PS3. The normalized spacial score (nSPS) is 21.1. The Kier molecular flexibility index (Phi) is 23.1. The number of carbonyl (C=O) groups is 3. The highest BCUT2D eigenvalue weighted by Crippen LogP contribution is 2.51. The Bertz CT molecular complexity index is 3130. The van der Waals surface area contributed by atoms with Crippen LogP contribution in [-0.2, 0) is 71.8 Å². The lowest BCUT2D eigenvalue weighted by atomic mass is 10.0. The average molecular weight is 1380 g/mol. The fraction of sp³-hybridized carbons (Fsp3) is 0.647. The van der Waals surface area contributed by atoms with Gasteiger partial charge in [-0.3, -0.25) is 41.7 Å². The van der Waals surface area contributed by atoms with Crippen molar-refractivity contribution in [1.29, 1.82) is 0 Å². The smallest absolute Gasteiger partial charge is 0.386 e. The van der Waals surface area contributed by atoms with E-state index < -0.39 is 100 Å². The van der Waals surface area contributed by atoms with Gasteiger partial charge in [0.1, 0.15) is 69.0 Å². The van der Waals surface area contributed by atoms with Crippen molar-refractivity contribution in [3.8, 4) is 0 Å². The first-order chi connectivity index (χ1) is 42.6. The number of imidazole rings is 3. The van der Waals surface area contributed by atoms with Gasteiger partial charge in [0.25, 0.3) is 17.7 Å². The third-order valence-electron chi connectivity index (χ3n) is 15.3. The molecule has 3 aliphatic heterocycles. The molecule has 0 spiro atoms. The summed E-state index contributed by atoms with van der Waals surface area (Å²) in [6.07, 6.45) is -1.90. The maximum Gasteiger partial charge on any atom is 0.480 e. The Hall–Kier alpha value is -5.14. The van der Waals surface area contributed by atoms with Crippen LogP contribution in [0.4, 0.5) is 15.4 Å². The van der Waals surface area contributed by atoms with Gasteiger partial charge in [-0.1, -0.05) is 89.6 Å². The van der Waals surface area contributed by atoms with E-state index in [1.165, 1.54) is 69.0 Å². The van der Waals surface area contributed by atoms with Gasteiger partial charge in [0.15, 0.2) is 0 Å². The third-order valence-corrected chi connectivity index (χ3v) is 21.3. The zero-order chi connectivity index (χ0) is 64.0. The number of hydrogen-bond donors (Lipinski definition) is 6. The second-order valence-electron chi connectivity index (χ2n) is 21.1. The number of phosphoric ester groups is 1. The van der Waals surface area contributed by atoms with E-state index in [0.29, 0.717) is 106 Å². The minimum atomic E-state index is -5.06. The zero-order valence-corrected chi connectivity index (χ0v) is 55.9. The van der Waals surface area contributed by atoms with Crippen LogP contribution in [0.5, 0.6) is 0 Å². The highest BCUT2D eigenvalue weighted by atomic mass is 35.5. The van der Waals surface area contributed by atoms with Gasteiger partial charge < -0.3 is 60.2 Å². The number of piperidine rings is 3. The Balaban J connectivity index is 0.969. The van der Waals surface area contributed by atoms with Crippen LogP contribution in [0, 0.1) is 0 Å². The molecule has 0 unspecified atom stereocenters. The van der Waals surface area contributed by atoms with E-state index in [-0.39, 0.29) is 52.2 Å². The summed E-state index contributed by atoms with van der Waals surface area (Å²) in [6, 6.07) is -1.59. The minimum absolute atomic E-state index is 0.0260. The van der Waals surface area contributed by atoms with Crippen LogP contribution in [0.15, 0.2) is 0 Å². The number of phosphoric acid groups is 1. The fourth-order valence-electron chi connectivity index (χ4n) is 10.2. The molecule has 3 saturated heterocycles. The summed E-state index contributed by atoms with van der Waals surface area (Å²) in [5.41, 5.74) is 0.918. The number of methoxy groups -OCH3 is 3. The number of aromatic nitrogens is 12. The van der Waals surface area contributed by atoms with E-state index in [1.54, 1.807) is 41.5 Å². The van der Waals surface area contributed by atoms with Crippen LogP contribution in [0.1, 0.15) is 143 Å². The summed E-state index contributed by atoms with van der Waals surface area (Å²) in [6.45, 7) is 10.3. The van der Waals surface area contributed by atoms with E-state index in [1.807, 2.05) is 14.7 Å². The lowest BCUT2D eigenvalue weighted by Gasteiger charge is -2.37. The Morgan fingerprint density at radius 3 is 1.01 bits per heavy atom. The van der Waals surface area contributed by atoms with Gasteiger partial charge in [-0.05, 0) is 59.3 Å². The standard InChI is InChI=1S/C51H72Cl3N18O13PS3/c1-10-28-37(52)70(40(55-28)43(76)58-31-13-16-67(19-34(31)80-7)49-64-61-46(87-49)25(4)73)22-83-86(79,84-23-71-38(53)29(11-2)56-41(71)44(77)59-32-14-17-68(20-35(32)81-8)50-65-62-47(88-50)26(5)74)85-24-72-39(54)30(12-3)57-42(72)45(78)60-33-15-18-69(21-36(33)82-9)51-66-63-48(89-51)27(6)75/h25-27,31-36,73-75H,10-24H2,1-9H3,(H,58,76)(H,59,77)(H,60,78)/t25-,26-,27-,31+,32+,33+,34-,35-,36-/m0/s1. The Morgan fingerprint density at radius 1 is 0.517 bits per heavy atom. The summed E-state index contributed by atoms with van der Waals surface area (Å²) in [5, 5.41) is 67.4. The Morgan fingerprint density at radius 2 is 0.787 bits per heavy atom. The molecule has 0 aliphatic carbocycles. The number of anilines is 3. The first-order valence-corrected chi connectivity index (χ1v) is 33.7. The molecule has 3 fully saturated rings.